The van der Waals surface area contributed by atoms with E-state index < -0.39 is 0 Å². The Labute approximate surface area is 439 Å². The van der Waals surface area contributed by atoms with Crippen LogP contribution in [0, 0.1) is 22.7 Å². The van der Waals surface area contributed by atoms with Gasteiger partial charge in [-0.3, -0.25) is 0 Å². The Balaban J connectivity index is 1.11. The van der Waals surface area contributed by atoms with Crippen molar-refractivity contribution in [3.8, 4) is 23.5 Å². The van der Waals surface area contributed by atoms with Crippen LogP contribution in [0.3, 0.4) is 0 Å². The molecule has 15 rings (SSSR count). The van der Waals surface area contributed by atoms with Gasteiger partial charge in [0.05, 0.1) is 33.6 Å². The number of hydrogen-bond acceptors (Lipinski definition) is 5. The molecule has 0 radical (unpaired) electrons. The van der Waals surface area contributed by atoms with Gasteiger partial charge >= 0.3 is 0 Å². The molecule has 2 aliphatic rings. The third-order valence-electron chi connectivity index (χ3n) is 15.5. The molecule has 0 spiro atoms. The zero-order valence-corrected chi connectivity index (χ0v) is 41.0. The fraction of sp³-hybridized carbons (Fsp3) is 0. The van der Waals surface area contributed by atoms with Gasteiger partial charge in [0.2, 0.25) is 0 Å². The summed E-state index contributed by atoms with van der Waals surface area (Å²) in [6, 6.07) is 94.8. The molecule has 0 saturated heterocycles. The maximum atomic E-state index is 12.2. The van der Waals surface area contributed by atoms with Crippen LogP contribution in [-0.2, 0) is 0 Å². The lowest BCUT2D eigenvalue weighted by atomic mass is 9.33. The molecule has 2 aromatic heterocycles. The first-order valence-corrected chi connectivity index (χ1v) is 25.6. The second-order valence-electron chi connectivity index (χ2n) is 19.4. The van der Waals surface area contributed by atoms with Crippen molar-refractivity contribution in [2.24, 2.45) is 0 Å². The number of benzene rings is 11. The quantitative estimate of drug-likeness (QED) is 0.142. The molecule has 0 atom stereocenters. The second-order valence-corrected chi connectivity index (χ2v) is 19.4. The number of nitrogens with zero attached hydrogens (tertiary/aromatic N) is 7. The van der Waals surface area contributed by atoms with Gasteiger partial charge in [-0.15, -0.1) is 0 Å². The van der Waals surface area contributed by atoms with Crippen molar-refractivity contribution in [2.75, 3.05) is 14.7 Å². The average Bonchev–Trinajstić information content (AvgIpc) is 4.14. The molecule has 8 heteroatoms. The van der Waals surface area contributed by atoms with Crippen LogP contribution in [0.1, 0.15) is 11.1 Å². The number of aromatic nitrogens is 2. The molecule has 13 aromatic rings. The number of anilines is 9. The Morgan fingerprint density at radius 1 is 0.342 bits per heavy atom. The van der Waals surface area contributed by atoms with E-state index >= 15 is 0 Å². The molecule has 0 fully saturated rings. The third-order valence-corrected chi connectivity index (χ3v) is 15.5. The minimum atomic E-state index is -0.276. The molecule has 11 aromatic carbocycles. The highest BCUT2D eigenvalue weighted by molar-refractivity contribution is 7.00. The van der Waals surface area contributed by atoms with Crippen LogP contribution in [0.2, 0.25) is 0 Å². The summed E-state index contributed by atoms with van der Waals surface area (Å²) in [7, 11) is 0. The fourth-order valence-corrected chi connectivity index (χ4v) is 12.5. The van der Waals surface area contributed by atoms with Crippen molar-refractivity contribution < 1.29 is 0 Å². The van der Waals surface area contributed by atoms with E-state index in [1.807, 2.05) is 30.3 Å². The summed E-state index contributed by atoms with van der Waals surface area (Å²) in [5, 5.41) is 28.6. The van der Waals surface area contributed by atoms with Crippen LogP contribution >= 0.6 is 0 Å². The highest BCUT2D eigenvalue weighted by atomic mass is 15.2. The lowest BCUT2D eigenvalue weighted by Crippen LogP contribution is -2.61. The van der Waals surface area contributed by atoms with E-state index in [4.69, 9.17) is 0 Å². The largest absolute Gasteiger partial charge is 0.310 e. The lowest BCUT2D eigenvalue weighted by molar-refractivity contribution is 1.10. The maximum Gasteiger partial charge on any atom is 0.252 e. The topological polar surface area (TPSA) is 67.2 Å². The molecule has 0 N–H and O–H groups in total. The van der Waals surface area contributed by atoms with Gasteiger partial charge in [-0.05, 0) is 126 Å². The minimum Gasteiger partial charge on any atom is -0.310 e. The van der Waals surface area contributed by atoms with Crippen LogP contribution in [0.15, 0.2) is 255 Å². The molecule has 352 valence electrons. The zero-order chi connectivity index (χ0) is 50.4. The van der Waals surface area contributed by atoms with Gasteiger partial charge in [0.25, 0.3) is 6.71 Å². The summed E-state index contributed by atoms with van der Waals surface area (Å²) in [6.07, 6.45) is 0. The van der Waals surface area contributed by atoms with Crippen molar-refractivity contribution in [1.82, 2.24) is 9.13 Å². The summed E-state index contributed by atoms with van der Waals surface area (Å²) < 4.78 is 4.54. The SMILES string of the molecule is N#Cc1c2c3c(c(C#N)c1-n1c4ccc(N(c5ccccc5)c5ccccc5)cc4c4cc(N(c5ccccc5)c5ccccc5)ccc41)-n1c4ccccc4c4cccc(c41)B3c1ccccc1N2c1ccccc1. The van der Waals surface area contributed by atoms with Crippen molar-refractivity contribution in [3.05, 3.63) is 266 Å². The van der Waals surface area contributed by atoms with Crippen molar-refractivity contribution >= 4 is 118 Å². The van der Waals surface area contributed by atoms with Gasteiger partial charge in [-0.1, -0.05) is 146 Å². The Kier molecular flexibility index (Phi) is 9.66. The molecule has 76 heavy (non-hydrogen) atoms. The van der Waals surface area contributed by atoms with E-state index in [9.17, 15) is 10.5 Å². The highest BCUT2D eigenvalue weighted by Gasteiger charge is 2.46. The van der Waals surface area contributed by atoms with Crippen molar-refractivity contribution in [2.45, 2.75) is 0 Å². The van der Waals surface area contributed by atoms with E-state index in [1.54, 1.807) is 0 Å². The van der Waals surface area contributed by atoms with Gasteiger partial charge in [-0.25, -0.2) is 0 Å². The van der Waals surface area contributed by atoms with E-state index in [0.717, 1.165) is 117 Å². The third kappa shape index (κ3) is 6.22. The van der Waals surface area contributed by atoms with Gasteiger partial charge in [0.15, 0.2) is 0 Å². The number of nitriles is 2. The Morgan fingerprint density at radius 2 is 0.789 bits per heavy atom. The molecule has 2 aliphatic heterocycles. The molecule has 0 amide bonds. The van der Waals surface area contributed by atoms with E-state index in [-0.39, 0.29) is 6.71 Å². The normalized spacial score (nSPS) is 12.1. The van der Waals surface area contributed by atoms with E-state index in [2.05, 4.69) is 260 Å². The molecule has 0 unspecified atom stereocenters. The van der Waals surface area contributed by atoms with Crippen molar-refractivity contribution in [1.29, 1.82) is 10.5 Å². The van der Waals surface area contributed by atoms with E-state index in [1.165, 1.54) is 0 Å². The standard InChI is InChI=1S/C68H42BN7/c70-43-56-65(57(44-71)68-64-67(56)74(49-29-14-5-15-30-49)63-36-19-17-33-58(63)69(64)59-34-20-32-53-52-31-16-18-35-60(52)76(68)66(53)59)75-61-39-37-50(72(45-21-6-1-7-22-45)46-23-8-2-9-24-46)41-54(61)55-42-51(38-40-62(55)75)73(47-25-10-3-11-26-47)48-27-12-4-13-28-48/h1-42H. The van der Waals surface area contributed by atoms with Gasteiger partial charge in [-0.2, -0.15) is 10.5 Å². The lowest BCUT2D eigenvalue weighted by Gasteiger charge is -2.41. The van der Waals surface area contributed by atoms with Crippen molar-refractivity contribution in [3.63, 3.8) is 0 Å². The second kappa shape index (κ2) is 17.0. The predicted molar refractivity (Wildman–Crippen MR) is 313 cm³/mol. The number of hydrogen-bond donors (Lipinski definition) is 0. The average molecular weight is 968 g/mol. The number of rotatable bonds is 8. The van der Waals surface area contributed by atoms with Crippen LogP contribution in [0.25, 0.3) is 55.0 Å². The summed E-state index contributed by atoms with van der Waals surface area (Å²) in [4.78, 5) is 6.84. The predicted octanol–water partition coefficient (Wildman–Crippen LogP) is 15.2. The fourth-order valence-electron chi connectivity index (χ4n) is 12.5. The van der Waals surface area contributed by atoms with Crippen LogP contribution < -0.4 is 31.1 Å². The summed E-state index contributed by atoms with van der Waals surface area (Å²) in [6.45, 7) is -0.276. The number of fused-ring (bicyclic) bond motifs is 10. The summed E-state index contributed by atoms with van der Waals surface area (Å²) >= 11 is 0. The maximum absolute atomic E-state index is 12.2. The Bertz CT molecular complexity index is 4340. The molecule has 0 bridgehead atoms. The minimum absolute atomic E-state index is 0.276. The van der Waals surface area contributed by atoms with Gasteiger partial charge in [0.1, 0.15) is 23.3 Å². The summed E-state index contributed by atoms with van der Waals surface area (Å²) in [5.74, 6) is 0. The summed E-state index contributed by atoms with van der Waals surface area (Å²) in [5.41, 5.74) is 17.9. The van der Waals surface area contributed by atoms with E-state index in [0.29, 0.717) is 16.8 Å². The van der Waals surface area contributed by atoms with Crippen LogP contribution in [0.5, 0.6) is 0 Å². The van der Waals surface area contributed by atoms with Crippen LogP contribution in [0.4, 0.5) is 51.2 Å². The number of para-hydroxylation sites is 8. The molecule has 0 aliphatic carbocycles. The van der Waals surface area contributed by atoms with Gasteiger partial charge in [0, 0.05) is 72.6 Å². The first kappa shape index (κ1) is 43.1. The molecule has 7 nitrogen and oxygen atoms in total. The molecular weight excluding hydrogens is 926 g/mol. The zero-order valence-electron chi connectivity index (χ0n) is 41.0. The Morgan fingerprint density at radius 3 is 1.34 bits per heavy atom. The van der Waals surface area contributed by atoms with Crippen LogP contribution in [-0.4, -0.2) is 15.8 Å². The Hall–Kier alpha value is -10.5. The highest BCUT2D eigenvalue weighted by Crippen LogP contribution is 2.49. The van der Waals surface area contributed by atoms with Gasteiger partial charge < -0.3 is 23.8 Å². The molecular formula is C68H42BN7. The first-order valence-electron chi connectivity index (χ1n) is 25.6. The monoisotopic (exact) mass is 967 g/mol. The molecule has 0 saturated carbocycles. The molecule has 4 heterocycles. The first-order chi connectivity index (χ1) is 37.7. The smallest absolute Gasteiger partial charge is 0.252 e.